The van der Waals surface area contributed by atoms with Crippen LogP contribution in [-0.4, -0.2) is 13.0 Å². The van der Waals surface area contributed by atoms with Gasteiger partial charge in [0, 0.05) is 15.6 Å². The van der Waals surface area contributed by atoms with Gasteiger partial charge in [0.05, 0.1) is 13.2 Å². The molecule has 0 aromatic heterocycles. The van der Waals surface area contributed by atoms with Crippen molar-refractivity contribution >= 4 is 21.8 Å². The molecule has 0 heterocycles. The van der Waals surface area contributed by atoms with Gasteiger partial charge in [-0.15, -0.1) is 0 Å². The molecule has 110 valence electrons. The third-order valence-electron chi connectivity index (χ3n) is 3.31. The van der Waals surface area contributed by atoms with Crippen LogP contribution in [-0.2, 0) is 0 Å². The molecule has 2 aromatic carbocycles. The summed E-state index contributed by atoms with van der Waals surface area (Å²) in [5.74, 6) is 0.683. The first-order valence-corrected chi connectivity index (χ1v) is 7.51. The summed E-state index contributed by atoms with van der Waals surface area (Å²) in [5.41, 5.74) is 2.75. The van der Waals surface area contributed by atoms with Crippen LogP contribution in [0.2, 0.25) is 0 Å². The first kappa shape index (κ1) is 15.6. The number of hydrogen-bond donors (Lipinski definition) is 1. The number of hydrogen-bond acceptors (Lipinski definition) is 2. The predicted octanol–water partition coefficient (Wildman–Crippen LogP) is 4.26. The van der Waals surface area contributed by atoms with Crippen molar-refractivity contribution in [2.45, 2.75) is 19.9 Å². The Morgan fingerprint density at radius 2 is 1.86 bits per heavy atom. The number of ether oxygens (including phenoxy) is 1. The summed E-state index contributed by atoms with van der Waals surface area (Å²) in [6, 6.07) is 13.1. The Labute approximate surface area is 133 Å². The average molecular weight is 348 g/mol. The van der Waals surface area contributed by atoms with E-state index in [1.165, 1.54) is 0 Å². The molecule has 1 amide bonds. The van der Waals surface area contributed by atoms with E-state index in [0.29, 0.717) is 5.56 Å². The third kappa shape index (κ3) is 3.85. The van der Waals surface area contributed by atoms with E-state index in [9.17, 15) is 4.79 Å². The second-order valence-corrected chi connectivity index (χ2v) is 5.86. The van der Waals surface area contributed by atoms with Crippen LogP contribution >= 0.6 is 15.9 Å². The number of aryl methyl sites for hydroxylation is 1. The Bertz CT molecular complexity index is 638. The van der Waals surface area contributed by atoms with Gasteiger partial charge >= 0.3 is 0 Å². The van der Waals surface area contributed by atoms with E-state index in [1.54, 1.807) is 19.2 Å². The summed E-state index contributed by atoms with van der Waals surface area (Å²) in [4.78, 5) is 12.3. The zero-order valence-corrected chi connectivity index (χ0v) is 13.9. The smallest absolute Gasteiger partial charge is 0.251 e. The van der Waals surface area contributed by atoms with E-state index in [4.69, 9.17) is 4.74 Å². The summed E-state index contributed by atoms with van der Waals surface area (Å²) in [7, 11) is 1.64. The lowest BCUT2D eigenvalue weighted by Gasteiger charge is -2.18. The highest BCUT2D eigenvalue weighted by atomic mass is 79.9. The van der Waals surface area contributed by atoms with Crippen LogP contribution in [0.25, 0.3) is 0 Å². The van der Waals surface area contributed by atoms with Gasteiger partial charge in [-0.05, 0) is 44.2 Å². The van der Waals surface area contributed by atoms with Crippen molar-refractivity contribution in [3.63, 3.8) is 0 Å². The molecule has 0 fully saturated rings. The molecule has 0 saturated heterocycles. The molecule has 0 unspecified atom stereocenters. The zero-order chi connectivity index (χ0) is 15.4. The van der Waals surface area contributed by atoms with E-state index < -0.39 is 0 Å². The summed E-state index contributed by atoms with van der Waals surface area (Å²) in [6.07, 6.45) is 0. The zero-order valence-electron chi connectivity index (χ0n) is 12.3. The number of carbonyl (C=O) groups excluding carboxylic acids is 1. The Morgan fingerprint density at radius 1 is 1.19 bits per heavy atom. The lowest BCUT2D eigenvalue weighted by atomic mass is 10.0. The number of benzene rings is 2. The summed E-state index contributed by atoms with van der Waals surface area (Å²) >= 11 is 3.36. The fourth-order valence-corrected chi connectivity index (χ4v) is 2.42. The maximum absolute atomic E-state index is 12.3. The fourth-order valence-electron chi connectivity index (χ4n) is 2.15. The Balaban J connectivity index is 2.17. The lowest BCUT2D eigenvalue weighted by Crippen LogP contribution is -2.26. The highest BCUT2D eigenvalue weighted by molar-refractivity contribution is 9.10. The first-order valence-electron chi connectivity index (χ1n) is 6.72. The van der Waals surface area contributed by atoms with Crippen LogP contribution in [0.1, 0.15) is 34.5 Å². The number of carbonyl (C=O) groups is 1. The SMILES string of the molecule is COc1ccc(C)cc1[C@@H](C)NC(=O)c1ccc(Br)cc1. The van der Waals surface area contributed by atoms with Crippen molar-refractivity contribution in [1.29, 1.82) is 0 Å². The van der Waals surface area contributed by atoms with Crippen LogP contribution in [0.15, 0.2) is 46.9 Å². The third-order valence-corrected chi connectivity index (χ3v) is 3.83. The van der Waals surface area contributed by atoms with E-state index >= 15 is 0 Å². The number of nitrogens with one attached hydrogen (secondary N) is 1. The van der Waals surface area contributed by atoms with Gasteiger partial charge in [0.2, 0.25) is 0 Å². The minimum absolute atomic E-state index is 0.0986. The summed E-state index contributed by atoms with van der Waals surface area (Å²) in [6.45, 7) is 3.97. The van der Waals surface area contributed by atoms with Gasteiger partial charge < -0.3 is 10.1 Å². The molecular formula is C17H18BrNO2. The second kappa shape index (κ2) is 6.76. The topological polar surface area (TPSA) is 38.3 Å². The minimum atomic E-state index is -0.129. The molecule has 21 heavy (non-hydrogen) atoms. The largest absolute Gasteiger partial charge is 0.496 e. The highest BCUT2D eigenvalue weighted by Gasteiger charge is 2.15. The van der Waals surface area contributed by atoms with Crippen molar-refractivity contribution in [1.82, 2.24) is 5.32 Å². The number of methoxy groups -OCH3 is 1. The van der Waals surface area contributed by atoms with Crippen LogP contribution < -0.4 is 10.1 Å². The predicted molar refractivity (Wildman–Crippen MR) is 87.8 cm³/mol. The maximum atomic E-state index is 12.3. The Hall–Kier alpha value is -1.81. The van der Waals surface area contributed by atoms with Crippen molar-refractivity contribution in [2.24, 2.45) is 0 Å². The van der Waals surface area contributed by atoms with Crippen LogP contribution in [0, 0.1) is 6.92 Å². The van der Waals surface area contributed by atoms with Gasteiger partial charge in [-0.25, -0.2) is 0 Å². The molecule has 1 atom stereocenters. The van der Waals surface area contributed by atoms with Crippen LogP contribution in [0.5, 0.6) is 5.75 Å². The molecule has 3 nitrogen and oxygen atoms in total. The molecule has 1 N–H and O–H groups in total. The van der Waals surface area contributed by atoms with Gasteiger partial charge in [-0.3, -0.25) is 4.79 Å². The molecule has 0 aliphatic carbocycles. The molecule has 2 rings (SSSR count). The number of halogens is 1. The van der Waals surface area contributed by atoms with E-state index in [2.05, 4.69) is 21.2 Å². The van der Waals surface area contributed by atoms with Gasteiger partial charge in [0.15, 0.2) is 0 Å². The summed E-state index contributed by atoms with van der Waals surface area (Å²) < 4.78 is 6.32. The normalized spacial score (nSPS) is 11.8. The van der Waals surface area contributed by atoms with E-state index in [-0.39, 0.29) is 11.9 Å². The van der Waals surface area contributed by atoms with Gasteiger partial charge in [0.1, 0.15) is 5.75 Å². The number of amides is 1. The quantitative estimate of drug-likeness (QED) is 0.897. The van der Waals surface area contributed by atoms with Crippen molar-refractivity contribution in [2.75, 3.05) is 7.11 Å². The highest BCUT2D eigenvalue weighted by Crippen LogP contribution is 2.26. The molecule has 2 aromatic rings. The standard InChI is InChI=1S/C17H18BrNO2/c1-11-4-9-16(21-3)15(10-11)12(2)19-17(20)13-5-7-14(18)8-6-13/h4-10,12H,1-3H3,(H,19,20)/t12-/m1/s1. The molecular weight excluding hydrogens is 330 g/mol. The molecule has 0 aliphatic rings. The second-order valence-electron chi connectivity index (χ2n) is 4.95. The van der Waals surface area contributed by atoms with Crippen molar-refractivity contribution < 1.29 is 9.53 Å². The summed E-state index contributed by atoms with van der Waals surface area (Å²) in [5, 5.41) is 3.00. The molecule has 0 spiro atoms. The van der Waals surface area contributed by atoms with Crippen molar-refractivity contribution in [3.8, 4) is 5.75 Å². The molecule has 0 radical (unpaired) electrons. The Morgan fingerprint density at radius 3 is 2.48 bits per heavy atom. The monoisotopic (exact) mass is 347 g/mol. The van der Waals surface area contributed by atoms with Crippen LogP contribution in [0.3, 0.4) is 0 Å². The number of rotatable bonds is 4. The van der Waals surface area contributed by atoms with Gasteiger partial charge in [0.25, 0.3) is 5.91 Å². The first-order chi connectivity index (χ1) is 10.0. The van der Waals surface area contributed by atoms with E-state index in [1.807, 2.05) is 44.2 Å². The van der Waals surface area contributed by atoms with Gasteiger partial charge in [-0.2, -0.15) is 0 Å². The van der Waals surface area contributed by atoms with E-state index in [0.717, 1.165) is 21.3 Å². The van der Waals surface area contributed by atoms with Crippen LogP contribution in [0.4, 0.5) is 0 Å². The fraction of sp³-hybridized carbons (Fsp3) is 0.235. The van der Waals surface area contributed by atoms with Crippen molar-refractivity contribution in [3.05, 3.63) is 63.6 Å². The molecule has 0 aliphatic heterocycles. The maximum Gasteiger partial charge on any atom is 0.251 e. The molecule has 0 saturated carbocycles. The van der Waals surface area contributed by atoms with Gasteiger partial charge in [-0.1, -0.05) is 33.6 Å². The average Bonchev–Trinajstić information content (AvgIpc) is 2.47. The lowest BCUT2D eigenvalue weighted by molar-refractivity contribution is 0.0939. The Kier molecular flexibility index (Phi) is 5.02. The minimum Gasteiger partial charge on any atom is -0.496 e. The molecule has 0 bridgehead atoms. The molecule has 4 heteroatoms.